The van der Waals surface area contributed by atoms with Gasteiger partial charge in [-0.05, 0) is 41.9 Å². The molecule has 41 heavy (non-hydrogen) atoms. The lowest BCUT2D eigenvalue weighted by Crippen LogP contribution is -2.49. The molecule has 8 heteroatoms. The van der Waals surface area contributed by atoms with Crippen molar-refractivity contribution in [1.82, 2.24) is 10.2 Å². The van der Waals surface area contributed by atoms with E-state index >= 15 is 0 Å². The number of fused-ring (bicyclic) bond motifs is 1. The second kappa shape index (κ2) is 14.1. The molecule has 0 bridgehead atoms. The van der Waals surface area contributed by atoms with Gasteiger partial charge in [-0.25, -0.2) is 4.79 Å². The molecule has 1 aliphatic heterocycles. The molecule has 0 radical (unpaired) electrons. The van der Waals surface area contributed by atoms with Crippen LogP contribution < -0.4 is 5.32 Å². The number of nitrogens with zero attached hydrogens (tertiary/aromatic N) is 1. The van der Waals surface area contributed by atoms with E-state index in [4.69, 9.17) is 0 Å². The fourth-order valence-corrected chi connectivity index (χ4v) is 6.11. The van der Waals surface area contributed by atoms with Crippen molar-refractivity contribution in [3.05, 3.63) is 107 Å². The van der Waals surface area contributed by atoms with Gasteiger partial charge in [0.2, 0.25) is 16.9 Å². The zero-order valence-corrected chi connectivity index (χ0v) is 24.2. The quantitative estimate of drug-likeness (QED) is 0.336. The maximum atomic E-state index is 13.8. The summed E-state index contributed by atoms with van der Waals surface area (Å²) in [6, 6.07) is 25.0. The first-order chi connectivity index (χ1) is 19.7. The number of amides is 2. The first-order valence-corrected chi connectivity index (χ1v) is 14.8. The second-order valence-electron chi connectivity index (χ2n) is 10.8. The van der Waals surface area contributed by atoms with Gasteiger partial charge in [-0.3, -0.25) is 14.4 Å². The lowest BCUT2D eigenvalue weighted by atomic mass is 9.96. The van der Waals surface area contributed by atoms with Crippen LogP contribution in [0.15, 0.2) is 84.9 Å². The van der Waals surface area contributed by atoms with Crippen LogP contribution in [-0.2, 0) is 33.8 Å². The lowest BCUT2D eigenvalue weighted by molar-refractivity contribution is -0.153. The van der Waals surface area contributed by atoms with Crippen LogP contribution in [0.1, 0.15) is 47.3 Å². The third-order valence-electron chi connectivity index (χ3n) is 7.25. The van der Waals surface area contributed by atoms with Gasteiger partial charge in [-0.2, -0.15) is 0 Å². The van der Waals surface area contributed by atoms with Crippen molar-refractivity contribution < 1.29 is 24.3 Å². The second-order valence-corrected chi connectivity index (χ2v) is 12.0. The topological polar surface area (TPSA) is 104 Å². The van der Waals surface area contributed by atoms with Crippen molar-refractivity contribution in [2.75, 3.05) is 6.54 Å². The Morgan fingerprint density at radius 3 is 2.17 bits per heavy atom. The Morgan fingerprint density at radius 1 is 0.927 bits per heavy atom. The van der Waals surface area contributed by atoms with Crippen molar-refractivity contribution >= 4 is 34.7 Å². The molecule has 4 rings (SSSR count). The summed E-state index contributed by atoms with van der Waals surface area (Å²) in [4.78, 5) is 54.1. The molecule has 0 aliphatic carbocycles. The molecule has 1 heterocycles. The van der Waals surface area contributed by atoms with Crippen molar-refractivity contribution in [2.45, 2.75) is 50.9 Å². The molecule has 3 atom stereocenters. The maximum Gasteiger partial charge on any atom is 0.326 e. The van der Waals surface area contributed by atoms with Crippen LogP contribution in [-0.4, -0.2) is 50.7 Å². The summed E-state index contributed by atoms with van der Waals surface area (Å²) in [6.07, 6.45) is 1.07. The molecule has 7 nitrogen and oxygen atoms in total. The van der Waals surface area contributed by atoms with E-state index in [9.17, 15) is 24.3 Å². The Labute approximate surface area is 245 Å². The Bertz CT molecular complexity index is 1360. The highest BCUT2D eigenvalue weighted by atomic mass is 32.2. The number of hydrogen-bond acceptors (Lipinski definition) is 5. The minimum absolute atomic E-state index is 0.0435. The number of rotatable bonds is 11. The molecule has 0 unspecified atom stereocenters. The van der Waals surface area contributed by atoms with Crippen molar-refractivity contribution in [3.63, 3.8) is 0 Å². The first kappa shape index (κ1) is 30.1. The summed E-state index contributed by atoms with van der Waals surface area (Å²) in [5.41, 5.74) is 3.31. The monoisotopic (exact) mass is 572 g/mol. The number of hydrogen-bond donors (Lipinski definition) is 2. The number of thioether (sulfide) groups is 1. The van der Waals surface area contributed by atoms with Crippen molar-refractivity contribution in [1.29, 1.82) is 0 Å². The summed E-state index contributed by atoms with van der Waals surface area (Å²) >= 11 is 0.973. The molecule has 0 fully saturated rings. The average Bonchev–Trinajstić information content (AvgIpc) is 3.11. The van der Waals surface area contributed by atoms with E-state index in [1.807, 2.05) is 74.5 Å². The molecule has 3 aromatic rings. The van der Waals surface area contributed by atoms with Gasteiger partial charge in [0.25, 0.3) is 0 Å². The van der Waals surface area contributed by atoms with Gasteiger partial charge in [0.15, 0.2) is 0 Å². The van der Waals surface area contributed by atoms with Crippen LogP contribution in [0, 0.1) is 11.8 Å². The third kappa shape index (κ3) is 8.07. The molecule has 3 aromatic carbocycles. The predicted molar refractivity (Wildman–Crippen MR) is 160 cm³/mol. The van der Waals surface area contributed by atoms with E-state index in [1.54, 1.807) is 24.3 Å². The highest BCUT2D eigenvalue weighted by Crippen LogP contribution is 2.27. The molecular formula is C33H36N2O5S. The number of benzene rings is 3. The van der Waals surface area contributed by atoms with Crippen LogP contribution >= 0.6 is 11.8 Å². The van der Waals surface area contributed by atoms with E-state index < -0.39 is 23.2 Å². The molecule has 0 spiro atoms. The molecule has 0 saturated carbocycles. The Balaban J connectivity index is 1.55. The highest BCUT2D eigenvalue weighted by molar-refractivity contribution is 8.15. The predicted octanol–water partition coefficient (Wildman–Crippen LogP) is 4.99. The van der Waals surface area contributed by atoms with Crippen LogP contribution in [0.3, 0.4) is 0 Å². The van der Waals surface area contributed by atoms with Crippen molar-refractivity contribution in [3.8, 4) is 0 Å². The number of carbonyl (C=O) groups excluding carboxylic acids is 3. The maximum absolute atomic E-state index is 13.8. The molecule has 2 N–H and O–H groups in total. The van der Waals surface area contributed by atoms with E-state index in [0.29, 0.717) is 24.8 Å². The molecular weight excluding hydrogens is 536 g/mol. The van der Waals surface area contributed by atoms with Gasteiger partial charge in [-0.15, -0.1) is 0 Å². The van der Waals surface area contributed by atoms with Gasteiger partial charge in [0.05, 0.1) is 11.2 Å². The standard InChI is InChI=1S/C33H36N2O5S/c1-22(2)17-28(32(38)39)35-21-26-16-10-9-15-25(26)19-27(31(35)37)20-34-30(36)29(18-23-11-5-3-6-12-23)41-33(40)24-13-7-4-8-14-24/h3-16,22,27-29H,17-21H2,1-2H3,(H,34,36)(H,38,39)/t27-,28+,29+/m1/s1. The fourth-order valence-electron chi connectivity index (χ4n) is 5.12. The average molecular weight is 573 g/mol. The summed E-state index contributed by atoms with van der Waals surface area (Å²) in [7, 11) is 0. The van der Waals surface area contributed by atoms with Crippen LogP contribution in [0.4, 0.5) is 0 Å². The number of carboxylic acids is 1. The van der Waals surface area contributed by atoms with Gasteiger partial charge in [-0.1, -0.05) is 111 Å². The number of nitrogens with one attached hydrogen (secondary N) is 1. The highest BCUT2D eigenvalue weighted by Gasteiger charge is 2.37. The van der Waals surface area contributed by atoms with Gasteiger partial charge in [0, 0.05) is 18.7 Å². The zero-order chi connectivity index (χ0) is 29.4. The number of aliphatic carboxylic acids is 1. The largest absolute Gasteiger partial charge is 0.480 e. The van der Waals surface area contributed by atoms with E-state index in [1.165, 1.54) is 4.90 Å². The summed E-state index contributed by atoms with van der Waals surface area (Å²) in [6.45, 7) is 4.12. The van der Waals surface area contributed by atoms with Crippen LogP contribution in [0.2, 0.25) is 0 Å². The minimum Gasteiger partial charge on any atom is -0.480 e. The van der Waals surface area contributed by atoms with E-state index in [0.717, 1.165) is 28.5 Å². The van der Waals surface area contributed by atoms with Gasteiger partial charge < -0.3 is 15.3 Å². The van der Waals surface area contributed by atoms with Crippen LogP contribution in [0.25, 0.3) is 0 Å². The number of carbonyl (C=O) groups is 4. The Morgan fingerprint density at radius 2 is 1.54 bits per heavy atom. The normalized spacial score (nSPS) is 16.4. The summed E-state index contributed by atoms with van der Waals surface area (Å²) in [5, 5.41) is 12.1. The third-order valence-corrected chi connectivity index (χ3v) is 8.37. The van der Waals surface area contributed by atoms with E-state index in [-0.39, 0.29) is 35.9 Å². The minimum atomic E-state index is -1.03. The molecule has 0 saturated heterocycles. The number of carboxylic acid groups (broad SMARTS) is 1. The molecule has 214 valence electrons. The Hall–Kier alpha value is -3.91. The van der Waals surface area contributed by atoms with E-state index in [2.05, 4.69) is 5.32 Å². The molecule has 1 aliphatic rings. The fraction of sp³-hybridized carbons (Fsp3) is 0.333. The molecule has 0 aromatic heterocycles. The van der Waals surface area contributed by atoms with Crippen molar-refractivity contribution in [2.24, 2.45) is 11.8 Å². The zero-order valence-electron chi connectivity index (χ0n) is 23.4. The van der Waals surface area contributed by atoms with Gasteiger partial charge >= 0.3 is 5.97 Å². The SMILES string of the molecule is CC(C)C[C@@H](C(=O)O)N1Cc2ccccc2C[C@H](CNC(=O)[C@H](Cc2ccccc2)SC(=O)c2ccccc2)C1=O. The smallest absolute Gasteiger partial charge is 0.326 e. The lowest BCUT2D eigenvalue weighted by Gasteiger charge is -2.31. The first-order valence-electron chi connectivity index (χ1n) is 13.9. The van der Waals surface area contributed by atoms with Crippen LogP contribution in [0.5, 0.6) is 0 Å². The molecule has 2 amide bonds. The summed E-state index contributed by atoms with van der Waals surface area (Å²) in [5.74, 6) is -2.21. The Kier molecular flexibility index (Phi) is 10.4. The van der Waals surface area contributed by atoms with Gasteiger partial charge in [0.1, 0.15) is 6.04 Å². The summed E-state index contributed by atoms with van der Waals surface area (Å²) < 4.78 is 0.